The van der Waals surface area contributed by atoms with E-state index in [4.69, 9.17) is 14.3 Å². The van der Waals surface area contributed by atoms with Gasteiger partial charge in [-0.05, 0) is 51.5 Å². The standard InChI is InChI=1S/C17H23NO4.C5H12O/c1-18(21-2)17(20)16(11-13-7-9-22-10-8-13)15-5-3-14(12-19)4-6-15;1-5(2,3)6-4/h3-6,12-13,16H,7-11H2,1-2H3;1-4H3. The van der Waals surface area contributed by atoms with E-state index in [1.165, 1.54) is 12.2 Å². The summed E-state index contributed by atoms with van der Waals surface area (Å²) in [7, 11) is 4.82. The van der Waals surface area contributed by atoms with E-state index in [1.54, 1.807) is 26.3 Å². The number of benzene rings is 1. The number of hydroxylamine groups is 2. The number of hydrogen-bond acceptors (Lipinski definition) is 5. The molecule has 0 aliphatic carbocycles. The van der Waals surface area contributed by atoms with Crippen LogP contribution in [-0.4, -0.2) is 57.3 Å². The summed E-state index contributed by atoms with van der Waals surface area (Å²) in [5.41, 5.74) is 1.58. The molecule has 0 radical (unpaired) electrons. The molecular formula is C22H35NO5. The van der Waals surface area contributed by atoms with Crippen LogP contribution in [0.2, 0.25) is 0 Å². The predicted molar refractivity (Wildman–Crippen MR) is 109 cm³/mol. The summed E-state index contributed by atoms with van der Waals surface area (Å²) in [6.07, 6.45) is 3.54. The smallest absolute Gasteiger partial charge is 0.253 e. The minimum atomic E-state index is -0.256. The summed E-state index contributed by atoms with van der Waals surface area (Å²) in [4.78, 5) is 28.4. The maximum absolute atomic E-state index is 12.6. The molecule has 0 aromatic heterocycles. The van der Waals surface area contributed by atoms with E-state index in [-0.39, 0.29) is 17.4 Å². The topological polar surface area (TPSA) is 65.1 Å². The Hall–Kier alpha value is -1.76. The highest BCUT2D eigenvalue weighted by atomic mass is 16.7. The average Bonchev–Trinajstić information content (AvgIpc) is 2.71. The first-order valence-corrected chi connectivity index (χ1v) is 9.71. The van der Waals surface area contributed by atoms with E-state index in [0.29, 0.717) is 11.5 Å². The van der Waals surface area contributed by atoms with E-state index in [9.17, 15) is 9.59 Å². The molecule has 0 spiro atoms. The minimum absolute atomic E-state index is 0.0417. The largest absolute Gasteiger partial charge is 0.381 e. The van der Waals surface area contributed by atoms with Crippen LogP contribution in [0.25, 0.3) is 0 Å². The van der Waals surface area contributed by atoms with Crippen LogP contribution in [0.4, 0.5) is 0 Å². The molecule has 6 heteroatoms. The first-order valence-electron chi connectivity index (χ1n) is 9.71. The van der Waals surface area contributed by atoms with Crippen LogP contribution in [-0.2, 0) is 19.1 Å². The van der Waals surface area contributed by atoms with Gasteiger partial charge in [-0.3, -0.25) is 14.4 Å². The van der Waals surface area contributed by atoms with Gasteiger partial charge in [0.25, 0.3) is 5.91 Å². The van der Waals surface area contributed by atoms with Crippen LogP contribution >= 0.6 is 0 Å². The Kier molecular flexibility index (Phi) is 10.4. The fourth-order valence-corrected chi connectivity index (χ4v) is 2.81. The summed E-state index contributed by atoms with van der Waals surface area (Å²) in [6.45, 7) is 7.58. The highest BCUT2D eigenvalue weighted by Gasteiger charge is 2.28. The third-order valence-electron chi connectivity index (χ3n) is 4.88. The molecule has 1 atom stereocenters. The molecule has 1 aliphatic rings. The predicted octanol–water partition coefficient (Wildman–Crippen LogP) is 3.85. The number of aldehydes is 1. The lowest BCUT2D eigenvalue weighted by Gasteiger charge is -2.28. The van der Waals surface area contributed by atoms with Crippen LogP contribution in [0.15, 0.2) is 24.3 Å². The van der Waals surface area contributed by atoms with Crippen molar-refractivity contribution >= 4 is 12.2 Å². The van der Waals surface area contributed by atoms with E-state index >= 15 is 0 Å². The monoisotopic (exact) mass is 393 g/mol. The van der Waals surface area contributed by atoms with Crippen LogP contribution in [0.1, 0.15) is 61.9 Å². The number of likely N-dealkylation sites (N-methyl/N-ethyl adjacent to an activating group) is 1. The Balaban J connectivity index is 0.000000568. The second-order valence-electron chi connectivity index (χ2n) is 7.96. The van der Waals surface area contributed by atoms with Crippen molar-refractivity contribution in [3.63, 3.8) is 0 Å². The third kappa shape index (κ3) is 8.50. The van der Waals surface area contributed by atoms with E-state index in [2.05, 4.69) is 0 Å². The van der Waals surface area contributed by atoms with Gasteiger partial charge in [0.2, 0.25) is 0 Å². The number of carbonyl (C=O) groups is 2. The quantitative estimate of drug-likeness (QED) is 0.542. The van der Waals surface area contributed by atoms with Gasteiger partial charge in [0, 0.05) is 32.9 Å². The summed E-state index contributed by atoms with van der Waals surface area (Å²) in [5, 5.41) is 1.28. The number of methoxy groups -OCH3 is 1. The first-order chi connectivity index (χ1) is 13.2. The molecule has 1 aromatic carbocycles. The molecule has 2 rings (SSSR count). The lowest BCUT2D eigenvalue weighted by atomic mass is 9.84. The van der Waals surface area contributed by atoms with Crippen LogP contribution in [0, 0.1) is 5.92 Å². The van der Waals surface area contributed by atoms with Gasteiger partial charge in [0.05, 0.1) is 18.6 Å². The van der Waals surface area contributed by atoms with Gasteiger partial charge in [-0.15, -0.1) is 0 Å². The normalized spacial score (nSPS) is 15.9. The Morgan fingerprint density at radius 1 is 1.21 bits per heavy atom. The Morgan fingerprint density at radius 3 is 2.18 bits per heavy atom. The number of carbonyl (C=O) groups excluding carboxylic acids is 2. The molecule has 1 saturated heterocycles. The van der Waals surface area contributed by atoms with E-state index in [1.807, 2.05) is 32.9 Å². The Morgan fingerprint density at radius 2 is 1.75 bits per heavy atom. The zero-order valence-electron chi connectivity index (χ0n) is 18.1. The zero-order chi connectivity index (χ0) is 21.2. The molecule has 1 heterocycles. The molecule has 28 heavy (non-hydrogen) atoms. The van der Waals surface area contributed by atoms with Crippen molar-refractivity contribution in [2.24, 2.45) is 5.92 Å². The summed E-state index contributed by atoms with van der Waals surface area (Å²) < 4.78 is 10.3. The molecule has 1 unspecified atom stereocenters. The first kappa shape index (κ1) is 24.3. The van der Waals surface area contributed by atoms with Gasteiger partial charge < -0.3 is 9.47 Å². The molecule has 1 aliphatic heterocycles. The average molecular weight is 394 g/mol. The number of rotatable bonds is 6. The summed E-state index contributed by atoms with van der Waals surface area (Å²) >= 11 is 0. The lowest BCUT2D eigenvalue weighted by molar-refractivity contribution is -0.171. The maximum atomic E-state index is 12.6. The molecule has 0 N–H and O–H groups in total. The van der Waals surface area contributed by atoms with Gasteiger partial charge in [-0.1, -0.05) is 24.3 Å². The van der Waals surface area contributed by atoms with Crippen molar-refractivity contribution < 1.29 is 23.9 Å². The van der Waals surface area contributed by atoms with Crippen molar-refractivity contribution in [1.82, 2.24) is 5.06 Å². The molecule has 6 nitrogen and oxygen atoms in total. The number of ether oxygens (including phenoxy) is 2. The van der Waals surface area contributed by atoms with Gasteiger partial charge >= 0.3 is 0 Å². The zero-order valence-corrected chi connectivity index (χ0v) is 18.1. The van der Waals surface area contributed by atoms with Crippen LogP contribution in [0.5, 0.6) is 0 Å². The van der Waals surface area contributed by atoms with Crippen LogP contribution < -0.4 is 0 Å². The molecule has 158 valence electrons. The second kappa shape index (κ2) is 11.9. The Labute approximate surface area is 169 Å². The van der Waals surface area contributed by atoms with Crippen molar-refractivity contribution in [3.8, 4) is 0 Å². The lowest BCUT2D eigenvalue weighted by Crippen LogP contribution is -2.32. The van der Waals surface area contributed by atoms with Gasteiger partial charge in [0.1, 0.15) is 6.29 Å². The number of nitrogens with zero attached hydrogens (tertiary/aromatic N) is 1. The summed E-state index contributed by atoms with van der Waals surface area (Å²) in [6, 6.07) is 7.21. The molecule has 0 saturated carbocycles. The van der Waals surface area contributed by atoms with Crippen LogP contribution in [0.3, 0.4) is 0 Å². The van der Waals surface area contributed by atoms with E-state index < -0.39 is 0 Å². The Bertz CT molecular complexity index is 588. The highest BCUT2D eigenvalue weighted by Crippen LogP contribution is 2.31. The highest BCUT2D eigenvalue weighted by molar-refractivity contribution is 5.83. The maximum Gasteiger partial charge on any atom is 0.253 e. The molecule has 1 amide bonds. The summed E-state index contributed by atoms with van der Waals surface area (Å²) in [5.74, 6) is 0.153. The SMILES string of the molecule is COC(C)(C)C.CON(C)C(=O)C(CC1CCOCC1)c1ccc(C=O)cc1. The van der Waals surface area contributed by atoms with Gasteiger partial charge in [-0.2, -0.15) is 0 Å². The fourth-order valence-electron chi connectivity index (χ4n) is 2.81. The third-order valence-corrected chi connectivity index (χ3v) is 4.88. The van der Waals surface area contributed by atoms with E-state index in [0.717, 1.165) is 44.3 Å². The number of hydrogen-bond donors (Lipinski definition) is 0. The van der Waals surface area contributed by atoms with Crippen molar-refractivity contribution in [1.29, 1.82) is 0 Å². The molecule has 1 aromatic rings. The van der Waals surface area contributed by atoms with Crippen molar-refractivity contribution in [2.45, 2.75) is 51.6 Å². The second-order valence-corrected chi connectivity index (χ2v) is 7.96. The van der Waals surface area contributed by atoms with Crippen molar-refractivity contribution in [2.75, 3.05) is 34.5 Å². The minimum Gasteiger partial charge on any atom is -0.381 e. The molecular weight excluding hydrogens is 358 g/mol. The van der Waals surface area contributed by atoms with Gasteiger partial charge in [0.15, 0.2) is 0 Å². The molecule has 1 fully saturated rings. The number of amides is 1. The van der Waals surface area contributed by atoms with Gasteiger partial charge in [-0.25, -0.2) is 5.06 Å². The fraction of sp³-hybridized carbons (Fsp3) is 0.636. The van der Waals surface area contributed by atoms with Crippen molar-refractivity contribution in [3.05, 3.63) is 35.4 Å². The molecule has 0 bridgehead atoms.